The number of halogens is 2. The van der Waals surface area contributed by atoms with E-state index in [9.17, 15) is 9.18 Å². The first-order valence-electron chi connectivity index (χ1n) is 4.81. The standard InChI is InChI=1S/C11H12ClFN2O/c1-8(16)14-5-3-2-4-9-6-11(13)15-7-10(9)12/h2,4,6-7H,3,5H2,1H3,(H,14,16). The molecule has 0 saturated carbocycles. The Morgan fingerprint density at radius 2 is 2.44 bits per heavy atom. The smallest absolute Gasteiger partial charge is 0.216 e. The van der Waals surface area contributed by atoms with Gasteiger partial charge in [0.1, 0.15) is 0 Å². The molecule has 0 aromatic carbocycles. The fraction of sp³-hybridized carbons (Fsp3) is 0.273. The van der Waals surface area contributed by atoms with Crippen molar-refractivity contribution in [1.82, 2.24) is 10.3 Å². The first-order valence-corrected chi connectivity index (χ1v) is 5.19. The maximum atomic E-state index is 12.8. The van der Waals surface area contributed by atoms with Gasteiger partial charge in [-0.2, -0.15) is 4.39 Å². The van der Waals surface area contributed by atoms with Crippen molar-refractivity contribution in [1.29, 1.82) is 0 Å². The second kappa shape index (κ2) is 6.23. The highest BCUT2D eigenvalue weighted by Crippen LogP contribution is 2.16. The molecule has 0 unspecified atom stereocenters. The minimum Gasteiger partial charge on any atom is -0.356 e. The van der Waals surface area contributed by atoms with E-state index in [1.165, 1.54) is 19.2 Å². The molecule has 1 amide bonds. The van der Waals surface area contributed by atoms with Gasteiger partial charge in [0.2, 0.25) is 11.9 Å². The first-order chi connectivity index (χ1) is 7.59. The van der Waals surface area contributed by atoms with Crippen LogP contribution in [0.2, 0.25) is 5.02 Å². The van der Waals surface area contributed by atoms with E-state index in [2.05, 4.69) is 10.3 Å². The Labute approximate surface area is 98.3 Å². The average Bonchev–Trinajstić information content (AvgIpc) is 2.22. The lowest BCUT2D eigenvalue weighted by atomic mass is 10.2. The summed E-state index contributed by atoms with van der Waals surface area (Å²) in [7, 11) is 0. The number of aromatic nitrogens is 1. The molecule has 3 nitrogen and oxygen atoms in total. The maximum absolute atomic E-state index is 12.8. The van der Waals surface area contributed by atoms with Gasteiger partial charge in [0.25, 0.3) is 0 Å². The minimum absolute atomic E-state index is 0.0682. The molecule has 0 saturated heterocycles. The summed E-state index contributed by atoms with van der Waals surface area (Å²) in [4.78, 5) is 14.0. The Kier molecular flexibility index (Phi) is 4.92. The Bertz CT molecular complexity index is 407. The van der Waals surface area contributed by atoms with E-state index in [0.29, 0.717) is 23.6 Å². The number of pyridine rings is 1. The summed E-state index contributed by atoms with van der Waals surface area (Å²) in [5, 5.41) is 3.05. The number of rotatable bonds is 4. The molecule has 1 aromatic rings. The molecular weight excluding hydrogens is 231 g/mol. The van der Waals surface area contributed by atoms with Crippen molar-refractivity contribution in [3.8, 4) is 0 Å². The summed E-state index contributed by atoms with van der Waals surface area (Å²) in [6, 6.07) is 1.26. The molecule has 0 spiro atoms. The highest BCUT2D eigenvalue weighted by molar-refractivity contribution is 6.31. The monoisotopic (exact) mass is 242 g/mol. The summed E-state index contributed by atoms with van der Waals surface area (Å²) >= 11 is 5.81. The fourth-order valence-corrected chi connectivity index (χ4v) is 1.26. The van der Waals surface area contributed by atoms with Crippen molar-refractivity contribution >= 4 is 23.6 Å². The van der Waals surface area contributed by atoms with Crippen molar-refractivity contribution in [3.63, 3.8) is 0 Å². The van der Waals surface area contributed by atoms with Gasteiger partial charge >= 0.3 is 0 Å². The van der Waals surface area contributed by atoms with Crippen LogP contribution in [0.5, 0.6) is 0 Å². The zero-order valence-electron chi connectivity index (χ0n) is 8.84. The van der Waals surface area contributed by atoms with Crippen molar-refractivity contribution in [2.24, 2.45) is 0 Å². The minimum atomic E-state index is -0.564. The van der Waals surface area contributed by atoms with Crippen LogP contribution in [0.25, 0.3) is 6.08 Å². The fourth-order valence-electron chi connectivity index (χ4n) is 1.10. The molecule has 0 radical (unpaired) electrons. The second-order valence-electron chi connectivity index (χ2n) is 3.20. The molecule has 1 N–H and O–H groups in total. The summed E-state index contributed by atoms with van der Waals surface area (Å²) in [6.07, 6.45) is 5.45. The molecule has 0 aliphatic rings. The Hall–Kier alpha value is -1.42. The lowest BCUT2D eigenvalue weighted by Crippen LogP contribution is -2.20. The predicted octanol–water partition coefficient (Wildman–Crippen LogP) is 2.41. The van der Waals surface area contributed by atoms with Crippen LogP contribution in [0.15, 0.2) is 18.3 Å². The second-order valence-corrected chi connectivity index (χ2v) is 3.61. The normalized spacial score (nSPS) is 10.7. The zero-order chi connectivity index (χ0) is 12.0. The zero-order valence-corrected chi connectivity index (χ0v) is 9.59. The van der Waals surface area contributed by atoms with E-state index in [0.717, 1.165) is 0 Å². The number of nitrogens with one attached hydrogen (secondary N) is 1. The van der Waals surface area contributed by atoms with Gasteiger partial charge in [0.15, 0.2) is 0 Å². The van der Waals surface area contributed by atoms with Crippen LogP contribution < -0.4 is 5.32 Å². The van der Waals surface area contributed by atoms with E-state index in [4.69, 9.17) is 11.6 Å². The number of hydrogen-bond donors (Lipinski definition) is 1. The van der Waals surface area contributed by atoms with Crippen LogP contribution >= 0.6 is 11.6 Å². The van der Waals surface area contributed by atoms with Gasteiger partial charge in [-0.3, -0.25) is 4.79 Å². The van der Waals surface area contributed by atoms with Crippen LogP contribution in [0.3, 0.4) is 0 Å². The van der Waals surface area contributed by atoms with E-state index in [-0.39, 0.29) is 5.91 Å². The maximum Gasteiger partial charge on any atom is 0.216 e. The largest absolute Gasteiger partial charge is 0.356 e. The SMILES string of the molecule is CC(=O)NCCC=Cc1cc(F)ncc1Cl. The molecule has 16 heavy (non-hydrogen) atoms. The van der Waals surface area contributed by atoms with Gasteiger partial charge in [-0.05, 0) is 12.0 Å². The summed E-state index contributed by atoms with van der Waals surface area (Å²) < 4.78 is 12.8. The lowest BCUT2D eigenvalue weighted by Gasteiger charge is -1.98. The van der Waals surface area contributed by atoms with Gasteiger partial charge in [0, 0.05) is 25.7 Å². The summed E-state index contributed by atoms with van der Waals surface area (Å²) in [5.74, 6) is -0.632. The predicted molar refractivity (Wildman–Crippen MR) is 61.5 cm³/mol. The molecule has 1 heterocycles. The Balaban J connectivity index is 2.49. The number of hydrogen-bond acceptors (Lipinski definition) is 2. The number of carbonyl (C=O) groups is 1. The van der Waals surface area contributed by atoms with Gasteiger partial charge in [-0.1, -0.05) is 23.8 Å². The van der Waals surface area contributed by atoms with Crippen LogP contribution in [0, 0.1) is 5.95 Å². The third-order valence-electron chi connectivity index (χ3n) is 1.83. The average molecular weight is 243 g/mol. The summed E-state index contributed by atoms with van der Waals surface area (Å²) in [6.45, 7) is 2.01. The van der Waals surface area contributed by atoms with E-state index < -0.39 is 5.95 Å². The molecule has 86 valence electrons. The van der Waals surface area contributed by atoms with E-state index >= 15 is 0 Å². The first kappa shape index (κ1) is 12.6. The molecule has 5 heteroatoms. The number of amides is 1. The van der Waals surface area contributed by atoms with E-state index in [1.54, 1.807) is 6.08 Å². The van der Waals surface area contributed by atoms with Crippen LogP contribution in [-0.4, -0.2) is 17.4 Å². The lowest BCUT2D eigenvalue weighted by molar-refractivity contribution is -0.118. The topological polar surface area (TPSA) is 42.0 Å². The molecule has 0 atom stereocenters. The highest BCUT2D eigenvalue weighted by Gasteiger charge is 1.98. The van der Waals surface area contributed by atoms with Gasteiger partial charge in [0.05, 0.1) is 5.02 Å². The molecule has 0 aliphatic heterocycles. The molecule has 0 bridgehead atoms. The molecule has 0 fully saturated rings. The van der Waals surface area contributed by atoms with Crippen molar-refractivity contribution in [3.05, 3.63) is 34.9 Å². The Morgan fingerprint density at radius 1 is 1.69 bits per heavy atom. The van der Waals surface area contributed by atoms with Gasteiger partial charge in [-0.25, -0.2) is 4.98 Å². The third-order valence-corrected chi connectivity index (χ3v) is 2.15. The van der Waals surface area contributed by atoms with Crippen molar-refractivity contribution in [2.45, 2.75) is 13.3 Å². The number of nitrogens with zero attached hydrogens (tertiary/aromatic N) is 1. The quantitative estimate of drug-likeness (QED) is 0.651. The van der Waals surface area contributed by atoms with Gasteiger partial charge < -0.3 is 5.32 Å². The number of carbonyl (C=O) groups excluding carboxylic acids is 1. The third kappa shape index (κ3) is 4.40. The molecule has 1 aromatic heterocycles. The molecular formula is C11H12ClFN2O. The Morgan fingerprint density at radius 3 is 3.12 bits per heavy atom. The van der Waals surface area contributed by atoms with Crippen molar-refractivity contribution in [2.75, 3.05) is 6.54 Å². The van der Waals surface area contributed by atoms with Crippen LogP contribution in [-0.2, 0) is 4.79 Å². The van der Waals surface area contributed by atoms with Crippen LogP contribution in [0.4, 0.5) is 4.39 Å². The van der Waals surface area contributed by atoms with Crippen LogP contribution in [0.1, 0.15) is 18.9 Å². The van der Waals surface area contributed by atoms with Gasteiger partial charge in [-0.15, -0.1) is 0 Å². The summed E-state index contributed by atoms with van der Waals surface area (Å²) in [5.41, 5.74) is 0.581. The van der Waals surface area contributed by atoms with Crippen molar-refractivity contribution < 1.29 is 9.18 Å². The molecule has 0 aliphatic carbocycles. The van der Waals surface area contributed by atoms with E-state index in [1.807, 2.05) is 6.08 Å². The molecule has 1 rings (SSSR count). The highest BCUT2D eigenvalue weighted by atomic mass is 35.5.